The van der Waals surface area contributed by atoms with Gasteiger partial charge in [-0.3, -0.25) is 9.59 Å². The molecule has 0 spiro atoms. The van der Waals surface area contributed by atoms with Crippen molar-refractivity contribution in [3.63, 3.8) is 0 Å². The molecule has 1 aliphatic heterocycles. The number of fused-ring (bicyclic) bond motifs is 1. The topological polar surface area (TPSA) is 67.9 Å². The van der Waals surface area contributed by atoms with E-state index in [-0.39, 0.29) is 31.6 Å². The number of aryl methyl sites for hydroxylation is 1. The van der Waals surface area contributed by atoms with Crippen LogP contribution in [0.5, 0.6) is 11.5 Å². The Morgan fingerprint density at radius 2 is 1.78 bits per heavy atom. The van der Waals surface area contributed by atoms with Gasteiger partial charge in [0.25, 0.3) is 0 Å². The van der Waals surface area contributed by atoms with Crippen molar-refractivity contribution in [3.05, 3.63) is 57.6 Å². The quantitative estimate of drug-likeness (QED) is 0.522. The van der Waals surface area contributed by atoms with Crippen LogP contribution in [0.3, 0.4) is 0 Å². The van der Waals surface area contributed by atoms with Crippen LogP contribution in [0.4, 0.5) is 0 Å². The molecular formula is C24H28Cl2N2O4. The zero-order valence-electron chi connectivity index (χ0n) is 18.3. The summed E-state index contributed by atoms with van der Waals surface area (Å²) in [6, 6.07) is 10.4. The fourth-order valence-corrected chi connectivity index (χ4v) is 3.93. The number of nitrogens with zero attached hydrogens (tertiary/aromatic N) is 1. The van der Waals surface area contributed by atoms with E-state index < -0.39 is 6.04 Å². The minimum absolute atomic E-state index is 0.104. The van der Waals surface area contributed by atoms with E-state index in [0.717, 1.165) is 17.5 Å². The molecule has 1 unspecified atom stereocenters. The van der Waals surface area contributed by atoms with E-state index >= 15 is 0 Å². The highest BCUT2D eigenvalue weighted by Gasteiger charge is 2.28. The minimum Gasteiger partial charge on any atom is -0.454 e. The molecular weight excluding hydrogens is 451 g/mol. The predicted molar refractivity (Wildman–Crippen MR) is 125 cm³/mol. The van der Waals surface area contributed by atoms with Gasteiger partial charge in [-0.15, -0.1) is 0 Å². The molecule has 0 saturated heterocycles. The summed E-state index contributed by atoms with van der Waals surface area (Å²) < 4.78 is 10.8. The Hall–Kier alpha value is -2.44. The maximum atomic E-state index is 13.3. The molecule has 1 heterocycles. The number of amides is 2. The van der Waals surface area contributed by atoms with E-state index in [1.165, 1.54) is 0 Å². The molecule has 0 aromatic heterocycles. The number of benzene rings is 2. The summed E-state index contributed by atoms with van der Waals surface area (Å²) in [4.78, 5) is 27.8. The lowest BCUT2D eigenvalue weighted by molar-refractivity contribution is -0.141. The van der Waals surface area contributed by atoms with Crippen molar-refractivity contribution in [1.29, 1.82) is 0 Å². The van der Waals surface area contributed by atoms with Gasteiger partial charge in [0.1, 0.15) is 6.04 Å². The Morgan fingerprint density at radius 3 is 2.50 bits per heavy atom. The molecule has 2 aromatic rings. The van der Waals surface area contributed by atoms with Gasteiger partial charge < -0.3 is 19.7 Å². The van der Waals surface area contributed by atoms with Crippen molar-refractivity contribution in [1.82, 2.24) is 10.2 Å². The molecule has 3 rings (SSSR count). The highest BCUT2D eigenvalue weighted by Crippen LogP contribution is 2.33. The lowest BCUT2D eigenvalue weighted by Crippen LogP contribution is -2.49. The number of halogens is 2. The molecule has 8 heteroatoms. The number of nitrogens with one attached hydrogen (secondary N) is 1. The Bertz CT molecular complexity index is 967. The Morgan fingerprint density at radius 1 is 1.03 bits per heavy atom. The third kappa shape index (κ3) is 6.08. The molecule has 0 bridgehead atoms. The normalized spacial score (nSPS) is 13.0. The van der Waals surface area contributed by atoms with Crippen molar-refractivity contribution in [2.75, 3.05) is 13.3 Å². The maximum Gasteiger partial charge on any atom is 0.242 e. The number of hydrogen-bond acceptors (Lipinski definition) is 4. The first-order chi connectivity index (χ1) is 15.4. The Kier molecular flexibility index (Phi) is 8.65. The standard InChI is InChI=1S/C24H28Cl2N2O4/c1-3-11-27-24(30)20(4-2)28(14-17-5-8-18(25)19(26)12-17)23(29)10-7-16-6-9-21-22(13-16)32-15-31-21/h5-6,8-9,12-13,20H,3-4,7,10-11,14-15H2,1-2H3,(H,27,30). The molecule has 1 aliphatic rings. The lowest BCUT2D eigenvalue weighted by atomic mass is 10.1. The van der Waals surface area contributed by atoms with Crippen LogP contribution in [0.2, 0.25) is 10.0 Å². The molecule has 32 heavy (non-hydrogen) atoms. The molecule has 0 aliphatic carbocycles. The Balaban J connectivity index is 1.76. The third-order valence-electron chi connectivity index (χ3n) is 5.34. The van der Waals surface area contributed by atoms with Crippen LogP contribution in [0.25, 0.3) is 0 Å². The molecule has 2 amide bonds. The summed E-state index contributed by atoms with van der Waals surface area (Å²) in [7, 11) is 0. The van der Waals surface area contributed by atoms with E-state index in [1.54, 1.807) is 17.0 Å². The van der Waals surface area contributed by atoms with Gasteiger partial charge in [0.15, 0.2) is 11.5 Å². The van der Waals surface area contributed by atoms with Crippen LogP contribution < -0.4 is 14.8 Å². The summed E-state index contributed by atoms with van der Waals surface area (Å²) in [5, 5.41) is 3.78. The van der Waals surface area contributed by atoms with Gasteiger partial charge in [-0.1, -0.05) is 49.2 Å². The van der Waals surface area contributed by atoms with E-state index in [4.69, 9.17) is 32.7 Å². The molecule has 172 valence electrons. The number of hydrogen-bond donors (Lipinski definition) is 1. The van der Waals surface area contributed by atoms with Gasteiger partial charge in [-0.25, -0.2) is 0 Å². The van der Waals surface area contributed by atoms with Crippen LogP contribution in [-0.2, 0) is 22.6 Å². The average molecular weight is 479 g/mol. The smallest absolute Gasteiger partial charge is 0.242 e. The van der Waals surface area contributed by atoms with Gasteiger partial charge in [0, 0.05) is 19.5 Å². The first kappa shape index (κ1) is 24.2. The zero-order chi connectivity index (χ0) is 23.1. The molecule has 1 N–H and O–H groups in total. The van der Waals surface area contributed by atoms with E-state index in [1.807, 2.05) is 38.1 Å². The SMILES string of the molecule is CCCNC(=O)C(CC)N(Cc1ccc(Cl)c(Cl)c1)C(=O)CCc1ccc2c(c1)OCO2. The largest absolute Gasteiger partial charge is 0.454 e. The molecule has 0 fully saturated rings. The summed E-state index contributed by atoms with van der Waals surface area (Å²) in [6.07, 6.45) is 2.12. The van der Waals surface area contributed by atoms with Crippen LogP contribution in [0, 0.1) is 0 Å². The van der Waals surface area contributed by atoms with Gasteiger partial charge in [-0.2, -0.15) is 0 Å². The van der Waals surface area contributed by atoms with E-state index in [2.05, 4.69) is 5.32 Å². The monoisotopic (exact) mass is 478 g/mol. The third-order valence-corrected chi connectivity index (χ3v) is 6.08. The number of carbonyl (C=O) groups excluding carboxylic acids is 2. The summed E-state index contributed by atoms with van der Waals surface area (Å²) in [5.41, 5.74) is 1.79. The van der Waals surface area contributed by atoms with Crippen molar-refractivity contribution in [2.24, 2.45) is 0 Å². The minimum atomic E-state index is -0.569. The second-order valence-corrected chi connectivity index (χ2v) is 8.49. The number of carbonyl (C=O) groups is 2. The van der Waals surface area contributed by atoms with E-state index in [0.29, 0.717) is 40.9 Å². The van der Waals surface area contributed by atoms with Crippen molar-refractivity contribution >= 4 is 35.0 Å². The predicted octanol–water partition coefficient (Wildman–Crippen LogP) is 4.99. The van der Waals surface area contributed by atoms with Crippen LogP contribution in [0.1, 0.15) is 44.2 Å². The van der Waals surface area contributed by atoms with Gasteiger partial charge in [0.2, 0.25) is 18.6 Å². The average Bonchev–Trinajstić information content (AvgIpc) is 3.26. The summed E-state index contributed by atoms with van der Waals surface area (Å²) in [6.45, 7) is 4.95. The molecule has 0 radical (unpaired) electrons. The summed E-state index contributed by atoms with van der Waals surface area (Å²) >= 11 is 12.2. The molecule has 6 nitrogen and oxygen atoms in total. The highest BCUT2D eigenvalue weighted by atomic mass is 35.5. The fourth-order valence-electron chi connectivity index (χ4n) is 3.61. The van der Waals surface area contributed by atoms with E-state index in [9.17, 15) is 9.59 Å². The maximum absolute atomic E-state index is 13.3. The fraction of sp³-hybridized carbons (Fsp3) is 0.417. The molecule has 0 saturated carbocycles. The highest BCUT2D eigenvalue weighted by molar-refractivity contribution is 6.42. The zero-order valence-corrected chi connectivity index (χ0v) is 19.8. The molecule has 2 aromatic carbocycles. The van der Waals surface area contributed by atoms with Gasteiger partial charge in [-0.05, 0) is 54.7 Å². The summed E-state index contributed by atoms with van der Waals surface area (Å²) in [5.74, 6) is 1.14. The molecule has 1 atom stereocenters. The first-order valence-corrected chi connectivity index (χ1v) is 11.6. The first-order valence-electron chi connectivity index (χ1n) is 10.8. The van der Waals surface area contributed by atoms with Crippen LogP contribution >= 0.6 is 23.2 Å². The lowest BCUT2D eigenvalue weighted by Gasteiger charge is -2.31. The van der Waals surface area contributed by atoms with Gasteiger partial charge >= 0.3 is 0 Å². The number of ether oxygens (including phenoxy) is 2. The van der Waals surface area contributed by atoms with Gasteiger partial charge in [0.05, 0.1) is 10.0 Å². The number of rotatable bonds is 10. The second-order valence-electron chi connectivity index (χ2n) is 7.67. The second kappa shape index (κ2) is 11.4. The van der Waals surface area contributed by atoms with Crippen molar-refractivity contribution in [3.8, 4) is 11.5 Å². The van der Waals surface area contributed by atoms with Crippen molar-refractivity contribution < 1.29 is 19.1 Å². The van der Waals surface area contributed by atoms with Crippen LogP contribution in [0.15, 0.2) is 36.4 Å². The van der Waals surface area contributed by atoms with Crippen LogP contribution in [-0.4, -0.2) is 36.1 Å². The Labute approximate surface area is 198 Å². The van der Waals surface area contributed by atoms with Crippen molar-refractivity contribution in [2.45, 2.75) is 52.1 Å².